The van der Waals surface area contributed by atoms with Crippen LogP contribution in [0.2, 0.25) is 0 Å². The van der Waals surface area contributed by atoms with E-state index >= 15 is 0 Å². The molecule has 4 nitrogen and oxygen atoms in total. The van der Waals surface area contributed by atoms with Gasteiger partial charge in [-0.2, -0.15) is 0 Å². The third-order valence-corrected chi connectivity index (χ3v) is 4.74. The zero-order chi connectivity index (χ0) is 16.2. The molecule has 2 aromatic heterocycles. The summed E-state index contributed by atoms with van der Waals surface area (Å²) >= 11 is 1.49. The Balaban J connectivity index is 1.95. The van der Waals surface area contributed by atoms with E-state index in [0.717, 1.165) is 51.3 Å². The Morgan fingerprint density at radius 2 is 2.09 bits per heavy atom. The first-order valence-electron chi connectivity index (χ1n) is 7.71. The number of hydrogen-bond acceptors (Lipinski definition) is 5. The molecule has 0 fully saturated rings. The van der Waals surface area contributed by atoms with E-state index in [1.807, 2.05) is 24.3 Å². The van der Waals surface area contributed by atoms with E-state index in [2.05, 4.69) is 35.2 Å². The van der Waals surface area contributed by atoms with E-state index in [1.165, 1.54) is 11.3 Å². The maximum absolute atomic E-state index is 10.9. The first-order chi connectivity index (χ1) is 11.2. The van der Waals surface area contributed by atoms with Gasteiger partial charge in [-0.05, 0) is 42.2 Å². The monoisotopic (exact) mass is 325 g/mol. The third kappa shape index (κ3) is 3.56. The number of hydrogen-bond donors (Lipinski definition) is 1. The highest BCUT2D eigenvalue weighted by Gasteiger charge is 2.08. The molecule has 0 aliphatic carbocycles. The fourth-order valence-corrected chi connectivity index (χ4v) is 3.22. The second-order valence-corrected chi connectivity index (χ2v) is 7.00. The maximum atomic E-state index is 10.9. The fourth-order valence-electron chi connectivity index (χ4n) is 2.40. The van der Waals surface area contributed by atoms with Crippen LogP contribution in [-0.4, -0.2) is 22.8 Å². The van der Waals surface area contributed by atoms with Crippen molar-refractivity contribution in [3.05, 3.63) is 41.5 Å². The van der Waals surface area contributed by atoms with Gasteiger partial charge in [-0.3, -0.25) is 4.79 Å². The smallest absolute Gasteiger partial charge is 0.160 e. The van der Waals surface area contributed by atoms with Gasteiger partial charge >= 0.3 is 0 Å². The molecule has 2 heterocycles. The van der Waals surface area contributed by atoms with Crippen molar-refractivity contribution in [3.63, 3.8) is 0 Å². The largest absolute Gasteiger partial charge is 0.369 e. The van der Waals surface area contributed by atoms with Crippen molar-refractivity contribution in [1.29, 1.82) is 0 Å². The van der Waals surface area contributed by atoms with Crippen molar-refractivity contribution in [2.75, 3.05) is 11.9 Å². The molecule has 1 N–H and O–H groups in total. The molecule has 0 aliphatic heterocycles. The number of carbonyl (C=O) groups excluding carboxylic acids is 1. The number of carbonyl (C=O) groups is 1. The van der Waals surface area contributed by atoms with E-state index in [1.54, 1.807) is 6.33 Å². The molecule has 3 aromatic rings. The van der Waals surface area contributed by atoms with Gasteiger partial charge in [-0.25, -0.2) is 9.97 Å². The van der Waals surface area contributed by atoms with Crippen LogP contribution in [0.3, 0.4) is 0 Å². The van der Waals surface area contributed by atoms with Crippen molar-refractivity contribution in [2.45, 2.75) is 20.3 Å². The topological polar surface area (TPSA) is 54.9 Å². The lowest BCUT2D eigenvalue weighted by Gasteiger charge is -2.10. The van der Waals surface area contributed by atoms with Crippen molar-refractivity contribution < 1.29 is 4.79 Å². The van der Waals surface area contributed by atoms with E-state index in [0.29, 0.717) is 5.92 Å². The van der Waals surface area contributed by atoms with Crippen LogP contribution in [0.1, 0.15) is 29.9 Å². The summed E-state index contributed by atoms with van der Waals surface area (Å²) in [6.07, 6.45) is 3.57. The number of nitrogens with one attached hydrogen (secondary N) is 1. The first-order valence-corrected chi connectivity index (χ1v) is 8.53. The molecule has 0 bridgehead atoms. The summed E-state index contributed by atoms with van der Waals surface area (Å²) in [5.74, 6) is 1.52. The first kappa shape index (κ1) is 15.6. The van der Waals surface area contributed by atoms with Gasteiger partial charge in [0.05, 0.1) is 10.4 Å². The Hall–Kier alpha value is -2.27. The number of aromatic nitrogens is 2. The number of fused-ring (bicyclic) bond motifs is 1. The van der Waals surface area contributed by atoms with Crippen LogP contribution < -0.4 is 5.32 Å². The van der Waals surface area contributed by atoms with E-state index in [-0.39, 0.29) is 0 Å². The summed E-state index contributed by atoms with van der Waals surface area (Å²) in [5, 5.41) is 4.42. The van der Waals surface area contributed by atoms with Crippen LogP contribution in [0.25, 0.3) is 21.3 Å². The molecule has 0 saturated heterocycles. The molecule has 0 radical (unpaired) electrons. The summed E-state index contributed by atoms with van der Waals surface area (Å²) in [7, 11) is 0. The predicted molar refractivity (Wildman–Crippen MR) is 96.2 cm³/mol. The molecular weight excluding hydrogens is 306 g/mol. The Kier molecular flexibility index (Phi) is 4.67. The van der Waals surface area contributed by atoms with Crippen LogP contribution in [-0.2, 0) is 0 Å². The molecule has 0 aliphatic rings. The molecule has 0 atom stereocenters. The predicted octanol–water partition coefficient (Wildman–Crippen LogP) is 4.63. The van der Waals surface area contributed by atoms with Crippen molar-refractivity contribution in [1.82, 2.24) is 9.97 Å². The lowest BCUT2D eigenvalue weighted by atomic mass is 10.1. The Morgan fingerprint density at radius 3 is 2.83 bits per heavy atom. The fraction of sp³-hybridized carbons (Fsp3) is 0.278. The van der Waals surface area contributed by atoms with Crippen LogP contribution in [0.15, 0.2) is 36.7 Å². The molecule has 0 unspecified atom stereocenters. The van der Waals surface area contributed by atoms with Crippen molar-refractivity contribution >= 4 is 34.3 Å². The summed E-state index contributed by atoms with van der Waals surface area (Å²) in [4.78, 5) is 21.4. The van der Waals surface area contributed by atoms with E-state index < -0.39 is 0 Å². The van der Waals surface area contributed by atoms with Gasteiger partial charge in [0.25, 0.3) is 0 Å². The maximum Gasteiger partial charge on any atom is 0.160 e. The SMILES string of the molecule is CC(C)CCNc1ncnc2ccc(-c3ccc(C=O)s3)cc12. The van der Waals surface area contributed by atoms with Crippen LogP contribution >= 0.6 is 11.3 Å². The van der Waals surface area contributed by atoms with Crippen LogP contribution in [0.4, 0.5) is 5.82 Å². The highest BCUT2D eigenvalue weighted by atomic mass is 32.1. The summed E-state index contributed by atoms with van der Waals surface area (Å²) in [6.45, 7) is 5.31. The van der Waals surface area contributed by atoms with Gasteiger partial charge in [-0.15, -0.1) is 11.3 Å². The third-order valence-electron chi connectivity index (χ3n) is 3.68. The normalized spacial score (nSPS) is 11.1. The second-order valence-electron chi connectivity index (χ2n) is 5.88. The zero-order valence-corrected chi connectivity index (χ0v) is 14.1. The molecule has 0 saturated carbocycles. The molecule has 3 rings (SSSR count). The highest BCUT2D eigenvalue weighted by molar-refractivity contribution is 7.17. The molecule has 0 amide bonds. The summed E-state index contributed by atoms with van der Waals surface area (Å²) in [5.41, 5.74) is 2.00. The quantitative estimate of drug-likeness (QED) is 0.671. The summed E-state index contributed by atoms with van der Waals surface area (Å²) in [6, 6.07) is 9.95. The van der Waals surface area contributed by atoms with Gasteiger partial charge in [-0.1, -0.05) is 19.9 Å². The van der Waals surface area contributed by atoms with E-state index in [9.17, 15) is 4.79 Å². The zero-order valence-electron chi connectivity index (χ0n) is 13.2. The lowest BCUT2D eigenvalue weighted by molar-refractivity contribution is 0.112. The lowest BCUT2D eigenvalue weighted by Crippen LogP contribution is -2.06. The van der Waals surface area contributed by atoms with Crippen molar-refractivity contribution in [3.8, 4) is 10.4 Å². The molecule has 23 heavy (non-hydrogen) atoms. The standard InChI is InChI=1S/C18H19N3OS/c1-12(2)7-8-19-18-15-9-13(3-5-16(15)20-11-21-18)17-6-4-14(10-22)23-17/h3-6,9-12H,7-8H2,1-2H3,(H,19,20,21). The van der Waals surface area contributed by atoms with Crippen molar-refractivity contribution in [2.24, 2.45) is 5.92 Å². The average Bonchev–Trinajstić information content (AvgIpc) is 3.03. The van der Waals surface area contributed by atoms with Gasteiger partial charge in [0.2, 0.25) is 0 Å². The Labute approximate surface area is 139 Å². The molecular formula is C18H19N3OS. The summed E-state index contributed by atoms with van der Waals surface area (Å²) < 4.78 is 0. The molecule has 5 heteroatoms. The van der Waals surface area contributed by atoms with Crippen LogP contribution in [0.5, 0.6) is 0 Å². The van der Waals surface area contributed by atoms with Gasteiger partial charge in [0.15, 0.2) is 6.29 Å². The van der Waals surface area contributed by atoms with Crippen LogP contribution in [0, 0.1) is 5.92 Å². The van der Waals surface area contributed by atoms with Gasteiger partial charge in [0, 0.05) is 16.8 Å². The number of benzene rings is 1. The minimum absolute atomic E-state index is 0.652. The highest BCUT2D eigenvalue weighted by Crippen LogP contribution is 2.31. The second kappa shape index (κ2) is 6.87. The number of thiophene rings is 1. The average molecular weight is 325 g/mol. The van der Waals surface area contributed by atoms with Gasteiger partial charge in [0.1, 0.15) is 12.1 Å². The number of anilines is 1. The van der Waals surface area contributed by atoms with E-state index in [4.69, 9.17) is 0 Å². The molecule has 0 spiro atoms. The van der Waals surface area contributed by atoms with Gasteiger partial charge < -0.3 is 5.32 Å². The Morgan fingerprint density at radius 1 is 1.22 bits per heavy atom. The number of nitrogens with zero attached hydrogens (tertiary/aromatic N) is 2. The minimum Gasteiger partial charge on any atom is -0.369 e. The Bertz CT molecular complexity index is 826. The number of aldehydes is 1. The molecule has 1 aromatic carbocycles. The minimum atomic E-state index is 0.652. The number of rotatable bonds is 6. The molecule has 118 valence electrons.